The number of thioether (sulfide) groups is 1. The Morgan fingerprint density at radius 3 is 2.86 bits per heavy atom. The third-order valence-corrected chi connectivity index (χ3v) is 3.95. The molecular formula is C16H13N3OS. The molecular weight excluding hydrogens is 282 g/mol. The van der Waals surface area contributed by atoms with Gasteiger partial charge in [-0.25, -0.2) is 0 Å². The van der Waals surface area contributed by atoms with E-state index in [-0.39, 0.29) is 6.61 Å². The molecule has 0 saturated heterocycles. The topological polar surface area (TPSA) is 50.4 Å². The Balaban J connectivity index is 1.82. The number of rotatable bonds is 3. The van der Waals surface area contributed by atoms with Gasteiger partial charge in [-0.1, -0.05) is 47.9 Å². The number of aromatic nitrogens is 3. The Morgan fingerprint density at radius 2 is 1.95 bits per heavy atom. The van der Waals surface area contributed by atoms with Gasteiger partial charge in [0.15, 0.2) is 10.8 Å². The van der Waals surface area contributed by atoms with Crippen LogP contribution in [0.1, 0.15) is 11.1 Å². The number of aliphatic hydroxyl groups excluding tert-OH is 1. The lowest BCUT2D eigenvalue weighted by atomic mass is 10.1. The van der Waals surface area contributed by atoms with Crippen LogP contribution in [0.5, 0.6) is 0 Å². The minimum atomic E-state index is -0.129. The fourth-order valence-electron chi connectivity index (χ4n) is 1.96. The highest BCUT2D eigenvalue weighted by atomic mass is 32.2. The molecule has 0 amide bonds. The van der Waals surface area contributed by atoms with Crippen LogP contribution in [-0.4, -0.2) is 26.3 Å². The molecule has 0 aliphatic carbocycles. The smallest absolute Gasteiger partial charge is 0.195 e. The van der Waals surface area contributed by atoms with Crippen LogP contribution in [0.2, 0.25) is 0 Å². The molecule has 0 saturated carbocycles. The van der Waals surface area contributed by atoms with Crippen molar-refractivity contribution in [2.45, 2.75) is 10.9 Å². The summed E-state index contributed by atoms with van der Waals surface area (Å²) in [4.78, 5) is 0. The second-order valence-electron chi connectivity index (χ2n) is 4.32. The fourth-order valence-corrected chi connectivity index (χ4v) is 2.89. The molecule has 104 valence electrons. The van der Waals surface area contributed by atoms with Crippen molar-refractivity contribution in [2.75, 3.05) is 6.61 Å². The molecule has 5 heteroatoms. The second-order valence-corrected chi connectivity index (χ2v) is 5.26. The molecule has 0 fully saturated rings. The fraction of sp³-hybridized carbons (Fsp3) is 0.125. The van der Waals surface area contributed by atoms with Crippen LogP contribution in [0.4, 0.5) is 0 Å². The van der Waals surface area contributed by atoms with E-state index < -0.39 is 0 Å². The van der Waals surface area contributed by atoms with Gasteiger partial charge in [0, 0.05) is 17.5 Å². The maximum absolute atomic E-state index is 8.82. The summed E-state index contributed by atoms with van der Waals surface area (Å²) in [5.74, 6) is 6.42. The van der Waals surface area contributed by atoms with Crippen molar-refractivity contribution in [2.24, 2.45) is 0 Å². The highest BCUT2D eigenvalue weighted by Gasteiger charge is 2.07. The summed E-state index contributed by atoms with van der Waals surface area (Å²) in [6.45, 7) is -0.129. The molecule has 0 aliphatic rings. The van der Waals surface area contributed by atoms with Crippen molar-refractivity contribution in [3.05, 3.63) is 59.8 Å². The minimum absolute atomic E-state index is 0.129. The van der Waals surface area contributed by atoms with Gasteiger partial charge < -0.3 is 5.11 Å². The standard InChI is InChI=1S/C16H13N3OS/c20-11-5-8-13-6-1-2-7-14(13)12-21-16-18-17-15-9-3-4-10-19(15)16/h1-4,6-7,9-10,20H,11-12H2. The van der Waals surface area contributed by atoms with Crippen molar-refractivity contribution in [1.82, 2.24) is 14.6 Å². The van der Waals surface area contributed by atoms with Gasteiger partial charge in [0.1, 0.15) is 6.61 Å². The monoisotopic (exact) mass is 295 g/mol. The molecule has 2 aromatic heterocycles. The molecule has 0 bridgehead atoms. The minimum Gasteiger partial charge on any atom is -0.384 e. The van der Waals surface area contributed by atoms with Gasteiger partial charge in [-0.05, 0) is 23.8 Å². The Bertz CT molecular complexity index is 817. The Labute approximate surface area is 126 Å². The quantitative estimate of drug-likeness (QED) is 0.595. The number of hydrogen-bond donors (Lipinski definition) is 1. The van der Waals surface area contributed by atoms with Gasteiger partial charge in [0.25, 0.3) is 0 Å². The van der Waals surface area contributed by atoms with E-state index in [0.29, 0.717) is 0 Å². The van der Waals surface area contributed by atoms with Crippen molar-refractivity contribution in [3.63, 3.8) is 0 Å². The van der Waals surface area contributed by atoms with Gasteiger partial charge >= 0.3 is 0 Å². The predicted octanol–water partition coefficient (Wildman–Crippen LogP) is 2.37. The molecule has 21 heavy (non-hydrogen) atoms. The van der Waals surface area contributed by atoms with Crippen LogP contribution in [0.25, 0.3) is 5.65 Å². The summed E-state index contributed by atoms with van der Waals surface area (Å²) in [6.07, 6.45) is 1.95. The Morgan fingerprint density at radius 1 is 1.10 bits per heavy atom. The van der Waals surface area contributed by atoms with E-state index >= 15 is 0 Å². The number of aliphatic hydroxyl groups is 1. The van der Waals surface area contributed by atoms with Crippen LogP contribution < -0.4 is 0 Å². The average Bonchev–Trinajstić information content (AvgIpc) is 2.95. The van der Waals surface area contributed by atoms with Gasteiger partial charge in [0.2, 0.25) is 0 Å². The van der Waals surface area contributed by atoms with Crippen LogP contribution in [0, 0.1) is 11.8 Å². The summed E-state index contributed by atoms with van der Waals surface area (Å²) in [6, 6.07) is 13.8. The molecule has 0 atom stereocenters. The zero-order valence-electron chi connectivity index (χ0n) is 11.2. The Kier molecular flexibility index (Phi) is 4.20. The number of hydrogen-bond acceptors (Lipinski definition) is 4. The van der Waals surface area contributed by atoms with Crippen LogP contribution >= 0.6 is 11.8 Å². The summed E-state index contributed by atoms with van der Waals surface area (Å²) in [5.41, 5.74) is 2.90. The highest BCUT2D eigenvalue weighted by molar-refractivity contribution is 7.98. The highest BCUT2D eigenvalue weighted by Crippen LogP contribution is 2.23. The zero-order valence-corrected chi connectivity index (χ0v) is 12.0. The molecule has 0 aliphatic heterocycles. The maximum Gasteiger partial charge on any atom is 0.195 e. The van der Waals surface area contributed by atoms with Crippen molar-refractivity contribution >= 4 is 17.4 Å². The molecule has 3 rings (SSSR count). The van der Waals surface area contributed by atoms with Crippen LogP contribution in [-0.2, 0) is 5.75 Å². The third kappa shape index (κ3) is 3.07. The zero-order chi connectivity index (χ0) is 14.5. The Hall–Kier alpha value is -2.29. The molecule has 3 aromatic rings. The predicted molar refractivity (Wildman–Crippen MR) is 83.0 cm³/mol. The summed E-state index contributed by atoms with van der Waals surface area (Å²) in [7, 11) is 0. The normalized spacial score (nSPS) is 10.3. The van der Waals surface area contributed by atoms with E-state index in [1.807, 2.05) is 53.1 Å². The number of benzene rings is 1. The molecule has 1 N–H and O–H groups in total. The largest absolute Gasteiger partial charge is 0.384 e. The van der Waals surface area contributed by atoms with E-state index in [2.05, 4.69) is 22.0 Å². The maximum atomic E-state index is 8.82. The van der Waals surface area contributed by atoms with Gasteiger partial charge in [-0.2, -0.15) is 0 Å². The lowest BCUT2D eigenvalue weighted by molar-refractivity contribution is 0.350. The van der Waals surface area contributed by atoms with Gasteiger partial charge in [-0.3, -0.25) is 4.40 Å². The summed E-state index contributed by atoms with van der Waals surface area (Å²) >= 11 is 1.62. The lowest BCUT2D eigenvalue weighted by Gasteiger charge is -2.03. The first-order valence-electron chi connectivity index (χ1n) is 6.48. The van der Waals surface area contributed by atoms with Crippen molar-refractivity contribution in [3.8, 4) is 11.8 Å². The van der Waals surface area contributed by atoms with E-state index in [4.69, 9.17) is 5.11 Å². The second kappa shape index (κ2) is 6.44. The third-order valence-electron chi connectivity index (χ3n) is 2.96. The van der Waals surface area contributed by atoms with Crippen LogP contribution in [0.15, 0.2) is 53.8 Å². The molecule has 2 heterocycles. The first-order valence-corrected chi connectivity index (χ1v) is 7.47. The first kappa shape index (κ1) is 13.7. The summed E-state index contributed by atoms with van der Waals surface area (Å²) in [5, 5.41) is 18.0. The van der Waals surface area contributed by atoms with Crippen LogP contribution in [0.3, 0.4) is 0 Å². The molecule has 0 unspecified atom stereocenters. The average molecular weight is 295 g/mol. The van der Waals surface area contributed by atoms with E-state index in [0.717, 1.165) is 27.7 Å². The van der Waals surface area contributed by atoms with E-state index in [1.165, 1.54) is 0 Å². The van der Waals surface area contributed by atoms with E-state index in [1.54, 1.807) is 11.8 Å². The SMILES string of the molecule is OCC#Cc1ccccc1CSc1nnc2ccccn12. The number of pyridine rings is 1. The lowest BCUT2D eigenvalue weighted by Crippen LogP contribution is -1.90. The molecule has 1 aromatic carbocycles. The van der Waals surface area contributed by atoms with Crippen molar-refractivity contribution in [1.29, 1.82) is 0 Å². The number of nitrogens with zero attached hydrogens (tertiary/aromatic N) is 3. The summed E-state index contributed by atoms with van der Waals surface area (Å²) < 4.78 is 1.96. The molecule has 0 radical (unpaired) electrons. The van der Waals surface area contributed by atoms with Gasteiger partial charge in [-0.15, -0.1) is 10.2 Å². The number of fused-ring (bicyclic) bond motifs is 1. The van der Waals surface area contributed by atoms with Gasteiger partial charge in [0.05, 0.1) is 0 Å². The van der Waals surface area contributed by atoms with Crippen molar-refractivity contribution < 1.29 is 5.11 Å². The molecule has 4 nitrogen and oxygen atoms in total. The molecule has 0 spiro atoms. The first-order chi connectivity index (χ1) is 10.4. The van der Waals surface area contributed by atoms with E-state index in [9.17, 15) is 0 Å².